The summed E-state index contributed by atoms with van der Waals surface area (Å²) in [5, 5.41) is 17.6. The maximum Gasteiger partial charge on any atom is 0.221 e. The van der Waals surface area contributed by atoms with Crippen LogP contribution in [0.3, 0.4) is 0 Å². The number of hydrogen-bond donors (Lipinski definition) is 2. The van der Waals surface area contributed by atoms with Crippen molar-refractivity contribution in [3.8, 4) is 23.7 Å². The Morgan fingerprint density at radius 3 is 2.00 bits per heavy atom. The molecule has 2 N–H and O–H groups in total. The Morgan fingerprint density at radius 2 is 1.55 bits per heavy atom. The van der Waals surface area contributed by atoms with Gasteiger partial charge in [-0.15, -0.1) is 0 Å². The van der Waals surface area contributed by atoms with Crippen LogP contribution in [0.4, 0.5) is 0 Å². The van der Waals surface area contributed by atoms with Gasteiger partial charge in [0, 0.05) is 18.9 Å². The first-order valence-corrected chi connectivity index (χ1v) is 10.6. The van der Waals surface area contributed by atoms with Gasteiger partial charge in [0.1, 0.15) is 13.2 Å². The van der Waals surface area contributed by atoms with Crippen molar-refractivity contribution < 1.29 is 15.0 Å². The van der Waals surface area contributed by atoms with Crippen LogP contribution in [0.5, 0.6) is 0 Å². The molecule has 22 heavy (non-hydrogen) atoms. The summed E-state index contributed by atoms with van der Waals surface area (Å²) in [6.07, 6.45) is 1.04. The maximum absolute atomic E-state index is 12.6. The number of β-lactam (4-membered cyclic amide) rings is 1. The molecule has 0 radical (unpaired) electrons. The second kappa shape index (κ2) is 7.33. The second-order valence-corrected chi connectivity index (χ2v) is 12.2. The Bertz CT molecular complexity index is 528. The van der Waals surface area contributed by atoms with E-state index in [1.54, 1.807) is 0 Å². The van der Waals surface area contributed by atoms with E-state index >= 15 is 0 Å². The number of amides is 1. The van der Waals surface area contributed by atoms with Crippen molar-refractivity contribution in [1.29, 1.82) is 0 Å². The molecule has 1 fully saturated rings. The van der Waals surface area contributed by atoms with Crippen LogP contribution in [0, 0.1) is 29.6 Å². The molecule has 1 aliphatic rings. The molecular weight excluding hydrogens is 294 g/mol. The molecule has 1 amide bonds. The number of hydrogen-bond acceptors (Lipinski definition) is 3. The van der Waals surface area contributed by atoms with E-state index in [0.717, 1.165) is 0 Å². The zero-order valence-corrected chi connectivity index (χ0v) is 15.2. The van der Waals surface area contributed by atoms with Crippen LogP contribution in [0.25, 0.3) is 0 Å². The van der Waals surface area contributed by atoms with E-state index < -0.39 is 8.24 Å². The van der Waals surface area contributed by atoms with Gasteiger partial charge >= 0.3 is 0 Å². The number of nitrogens with zero attached hydrogens (tertiary/aromatic N) is 1. The van der Waals surface area contributed by atoms with Crippen molar-refractivity contribution >= 4 is 14.1 Å². The predicted molar refractivity (Wildman–Crippen MR) is 90.3 cm³/mol. The first kappa shape index (κ1) is 18.8. The fourth-order valence-electron chi connectivity index (χ4n) is 2.58. The molecule has 1 heterocycles. The average Bonchev–Trinajstić information content (AvgIpc) is 2.41. The van der Waals surface area contributed by atoms with E-state index in [1.165, 1.54) is 0 Å². The lowest BCUT2D eigenvalue weighted by Gasteiger charge is -2.58. The zero-order chi connectivity index (χ0) is 17.0. The summed E-state index contributed by atoms with van der Waals surface area (Å²) in [5.74, 6) is 11.1. The molecule has 122 valence electrons. The topological polar surface area (TPSA) is 60.8 Å². The highest BCUT2D eigenvalue weighted by atomic mass is 28.3. The van der Waals surface area contributed by atoms with E-state index in [4.69, 9.17) is 10.2 Å². The molecule has 0 unspecified atom stereocenters. The molecule has 2 atom stereocenters. The lowest BCUT2D eigenvalue weighted by atomic mass is 9.85. The van der Waals surface area contributed by atoms with Gasteiger partial charge < -0.3 is 14.8 Å². The van der Waals surface area contributed by atoms with Gasteiger partial charge in [-0.2, -0.15) is 0 Å². The van der Waals surface area contributed by atoms with Gasteiger partial charge in [-0.25, -0.2) is 0 Å². The molecule has 0 saturated carbocycles. The average molecular weight is 321 g/mol. The van der Waals surface area contributed by atoms with Gasteiger partial charge in [0.15, 0.2) is 8.24 Å². The molecule has 0 spiro atoms. The number of carbonyl (C=O) groups excluding carboxylic acids is 1. The number of aliphatic hydroxyl groups excluding tert-OH is 2. The highest BCUT2D eigenvalue weighted by molar-refractivity contribution is 6.80. The van der Waals surface area contributed by atoms with E-state index in [0.29, 0.717) is 12.8 Å². The fraction of sp³-hybridized carbons (Fsp3) is 0.706. The van der Waals surface area contributed by atoms with Gasteiger partial charge in [0.2, 0.25) is 5.91 Å². The molecule has 1 aliphatic heterocycles. The third-order valence-electron chi connectivity index (χ3n) is 4.83. The Balaban J connectivity index is 2.99. The largest absolute Gasteiger partial charge is 0.384 e. The second-order valence-electron chi connectivity index (χ2n) is 7.12. The van der Waals surface area contributed by atoms with Crippen molar-refractivity contribution in [2.75, 3.05) is 13.2 Å². The summed E-state index contributed by atoms with van der Waals surface area (Å²) in [7, 11) is -1.94. The Labute approximate surface area is 135 Å². The predicted octanol–water partition coefficient (Wildman–Crippen LogP) is 1.59. The van der Waals surface area contributed by atoms with Gasteiger partial charge in [0.05, 0.1) is 5.92 Å². The molecule has 4 nitrogen and oxygen atoms in total. The number of rotatable bonds is 3. The van der Waals surface area contributed by atoms with Crippen LogP contribution in [0.15, 0.2) is 0 Å². The number of carbonyl (C=O) groups is 1. The summed E-state index contributed by atoms with van der Waals surface area (Å²) >= 11 is 0. The van der Waals surface area contributed by atoms with E-state index in [-0.39, 0.29) is 36.1 Å². The lowest BCUT2D eigenvalue weighted by molar-refractivity contribution is -0.147. The quantitative estimate of drug-likeness (QED) is 0.471. The van der Waals surface area contributed by atoms with Crippen molar-refractivity contribution in [3.05, 3.63) is 0 Å². The number of aliphatic hydroxyl groups is 2. The summed E-state index contributed by atoms with van der Waals surface area (Å²) < 4.78 is 2.06. The molecular formula is C17H27NO3Si. The van der Waals surface area contributed by atoms with Crippen LogP contribution in [0.2, 0.25) is 18.1 Å². The van der Waals surface area contributed by atoms with Gasteiger partial charge in [-0.1, -0.05) is 57.5 Å². The molecule has 0 aromatic carbocycles. The molecule has 1 saturated heterocycles. The van der Waals surface area contributed by atoms with Gasteiger partial charge in [-0.3, -0.25) is 4.79 Å². The summed E-state index contributed by atoms with van der Waals surface area (Å²) in [4.78, 5) is 12.6. The maximum atomic E-state index is 12.6. The van der Waals surface area contributed by atoms with Crippen LogP contribution in [-0.2, 0) is 4.79 Å². The highest BCUT2D eigenvalue weighted by Crippen LogP contribution is 2.46. The minimum absolute atomic E-state index is 0.0698. The van der Waals surface area contributed by atoms with Crippen molar-refractivity contribution in [2.45, 2.75) is 57.8 Å². The van der Waals surface area contributed by atoms with Crippen LogP contribution >= 0.6 is 0 Å². The molecule has 0 bridgehead atoms. The third kappa shape index (κ3) is 3.73. The third-order valence-corrected chi connectivity index (χ3v) is 10.3. The Kier molecular flexibility index (Phi) is 6.25. The van der Waals surface area contributed by atoms with E-state index in [9.17, 15) is 4.79 Å². The standard InChI is InChI=1S/C17H27NO3Si/c1-17(2,3)22(4,5)18-15(11-7-9-13-20)14(16(18)21)10-6-8-12-19/h14-15,19-20H,10-13H2,1-5H3/t14-,15-/m1/s1. The smallest absolute Gasteiger partial charge is 0.221 e. The molecule has 5 heteroatoms. The summed E-state index contributed by atoms with van der Waals surface area (Å²) in [5.41, 5.74) is 0. The van der Waals surface area contributed by atoms with Crippen molar-refractivity contribution in [1.82, 2.24) is 4.57 Å². The molecule has 0 aliphatic carbocycles. The minimum atomic E-state index is -1.94. The van der Waals surface area contributed by atoms with Crippen LogP contribution in [-0.4, -0.2) is 48.2 Å². The Morgan fingerprint density at radius 1 is 1.05 bits per heavy atom. The fourth-order valence-corrected chi connectivity index (χ4v) is 5.12. The normalized spacial score (nSPS) is 21.4. The first-order chi connectivity index (χ1) is 10.2. The first-order valence-electron chi connectivity index (χ1n) is 7.64. The van der Waals surface area contributed by atoms with E-state index in [2.05, 4.69) is 62.1 Å². The summed E-state index contributed by atoms with van der Waals surface area (Å²) in [6, 6.07) is 0.0698. The monoisotopic (exact) mass is 321 g/mol. The zero-order valence-electron chi connectivity index (χ0n) is 14.2. The molecule has 0 aromatic heterocycles. The van der Waals surface area contributed by atoms with E-state index in [1.807, 2.05) is 0 Å². The molecule has 0 aromatic rings. The van der Waals surface area contributed by atoms with Crippen molar-refractivity contribution in [3.63, 3.8) is 0 Å². The lowest BCUT2D eigenvalue weighted by Crippen LogP contribution is -2.72. The van der Waals surface area contributed by atoms with Gasteiger partial charge in [0.25, 0.3) is 0 Å². The van der Waals surface area contributed by atoms with Crippen molar-refractivity contribution in [2.24, 2.45) is 5.92 Å². The molecule has 1 rings (SSSR count). The van der Waals surface area contributed by atoms with Crippen LogP contribution in [0.1, 0.15) is 33.6 Å². The van der Waals surface area contributed by atoms with Gasteiger partial charge in [-0.05, 0) is 5.04 Å². The minimum Gasteiger partial charge on any atom is -0.384 e. The Hall–Kier alpha value is -1.27. The SMILES string of the molecule is CC(C)(C)[Si](C)(C)N1C(=O)[C@H](CC#CCO)[C@H]1CC#CCO. The highest BCUT2D eigenvalue weighted by Gasteiger charge is 2.56. The summed E-state index contributed by atoms with van der Waals surface area (Å²) in [6.45, 7) is 10.6. The van der Waals surface area contributed by atoms with Crippen LogP contribution < -0.4 is 0 Å².